The largest absolute Gasteiger partial charge is 0.369 e. The fourth-order valence-corrected chi connectivity index (χ4v) is 3.26. The van der Waals surface area contributed by atoms with Gasteiger partial charge in [-0.25, -0.2) is 0 Å². The summed E-state index contributed by atoms with van der Waals surface area (Å²) in [6.45, 7) is 9.82. The highest BCUT2D eigenvalue weighted by atomic mass is 15.2. The van der Waals surface area contributed by atoms with E-state index in [1.807, 2.05) is 0 Å². The Kier molecular flexibility index (Phi) is 5.26. The van der Waals surface area contributed by atoms with Crippen LogP contribution >= 0.6 is 0 Å². The van der Waals surface area contributed by atoms with Gasteiger partial charge in [-0.3, -0.25) is 0 Å². The van der Waals surface area contributed by atoms with E-state index >= 15 is 0 Å². The van der Waals surface area contributed by atoms with E-state index in [4.69, 9.17) is 0 Å². The van der Waals surface area contributed by atoms with Crippen molar-refractivity contribution in [3.63, 3.8) is 0 Å². The first-order chi connectivity index (χ1) is 9.26. The predicted octanol–water partition coefficient (Wildman–Crippen LogP) is 3.87. The molecule has 1 aromatic carbocycles. The maximum atomic E-state index is 3.40. The van der Waals surface area contributed by atoms with Crippen LogP contribution in [0.3, 0.4) is 0 Å². The van der Waals surface area contributed by atoms with Gasteiger partial charge >= 0.3 is 0 Å². The lowest BCUT2D eigenvalue weighted by atomic mass is 10.1. The lowest BCUT2D eigenvalue weighted by Crippen LogP contribution is -2.33. The van der Waals surface area contributed by atoms with Crippen LogP contribution in [-0.4, -0.2) is 19.1 Å². The monoisotopic (exact) mass is 260 g/mol. The molecule has 2 nitrogen and oxygen atoms in total. The molecule has 1 fully saturated rings. The minimum atomic E-state index is 0.767. The zero-order valence-corrected chi connectivity index (χ0v) is 12.7. The van der Waals surface area contributed by atoms with Gasteiger partial charge in [0.05, 0.1) is 0 Å². The van der Waals surface area contributed by atoms with Gasteiger partial charge in [0.25, 0.3) is 0 Å². The van der Waals surface area contributed by atoms with E-state index in [0.29, 0.717) is 0 Å². The lowest BCUT2D eigenvalue weighted by Gasteiger charge is -2.31. The predicted molar refractivity (Wildman–Crippen MR) is 83.8 cm³/mol. The molecule has 1 aliphatic carbocycles. The molecule has 1 aliphatic rings. The smallest absolute Gasteiger partial charge is 0.0398 e. The third-order valence-electron chi connectivity index (χ3n) is 4.26. The molecule has 0 aliphatic heterocycles. The van der Waals surface area contributed by atoms with Crippen molar-refractivity contribution >= 4 is 5.69 Å². The average molecular weight is 260 g/mol. The molecule has 0 aromatic heterocycles. The Morgan fingerprint density at radius 2 is 1.95 bits per heavy atom. The number of anilines is 1. The minimum absolute atomic E-state index is 0.767. The molecule has 0 saturated heterocycles. The molecule has 0 spiro atoms. The van der Waals surface area contributed by atoms with Gasteiger partial charge in [-0.1, -0.05) is 31.9 Å². The molecule has 0 amide bonds. The van der Waals surface area contributed by atoms with E-state index in [2.05, 4.69) is 49.2 Å². The van der Waals surface area contributed by atoms with Crippen molar-refractivity contribution in [1.82, 2.24) is 5.32 Å². The Labute approximate surface area is 118 Å². The van der Waals surface area contributed by atoms with Crippen LogP contribution in [-0.2, 0) is 6.54 Å². The SMILES string of the molecule is CCNCc1ccc(N(CC)C2CCCC2)c(C)c1. The zero-order chi connectivity index (χ0) is 13.7. The zero-order valence-electron chi connectivity index (χ0n) is 12.7. The van der Waals surface area contributed by atoms with Crippen molar-refractivity contribution in [1.29, 1.82) is 0 Å². The molecule has 1 saturated carbocycles. The molecule has 0 bridgehead atoms. The molecular weight excluding hydrogens is 232 g/mol. The topological polar surface area (TPSA) is 15.3 Å². The van der Waals surface area contributed by atoms with Gasteiger partial charge < -0.3 is 10.2 Å². The quantitative estimate of drug-likeness (QED) is 0.835. The molecule has 2 heteroatoms. The van der Waals surface area contributed by atoms with Gasteiger partial charge in [0, 0.05) is 24.8 Å². The second-order valence-corrected chi connectivity index (χ2v) is 5.63. The van der Waals surface area contributed by atoms with Crippen LogP contribution in [0, 0.1) is 6.92 Å². The van der Waals surface area contributed by atoms with Gasteiger partial charge in [-0.05, 0) is 50.4 Å². The molecule has 0 heterocycles. The van der Waals surface area contributed by atoms with Crippen LogP contribution in [0.2, 0.25) is 0 Å². The molecule has 2 rings (SSSR count). The molecule has 1 N–H and O–H groups in total. The Morgan fingerprint density at radius 1 is 1.21 bits per heavy atom. The number of rotatable bonds is 6. The van der Waals surface area contributed by atoms with E-state index in [1.165, 1.54) is 42.5 Å². The second kappa shape index (κ2) is 6.95. The number of hydrogen-bond donors (Lipinski definition) is 1. The van der Waals surface area contributed by atoms with Crippen molar-refractivity contribution in [2.75, 3.05) is 18.0 Å². The van der Waals surface area contributed by atoms with E-state index < -0.39 is 0 Å². The summed E-state index contributed by atoms with van der Waals surface area (Å²) in [4.78, 5) is 2.61. The maximum Gasteiger partial charge on any atom is 0.0398 e. The molecule has 0 atom stereocenters. The molecule has 1 aromatic rings. The fourth-order valence-electron chi connectivity index (χ4n) is 3.26. The van der Waals surface area contributed by atoms with E-state index in [1.54, 1.807) is 0 Å². The van der Waals surface area contributed by atoms with Gasteiger partial charge in [0.2, 0.25) is 0 Å². The first kappa shape index (κ1) is 14.4. The average Bonchev–Trinajstić information content (AvgIpc) is 2.93. The van der Waals surface area contributed by atoms with Crippen molar-refractivity contribution in [3.8, 4) is 0 Å². The summed E-state index contributed by atoms with van der Waals surface area (Å²) >= 11 is 0. The van der Waals surface area contributed by atoms with Crippen molar-refractivity contribution in [3.05, 3.63) is 29.3 Å². The van der Waals surface area contributed by atoms with Crippen LogP contribution in [0.5, 0.6) is 0 Å². The summed E-state index contributed by atoms with van der Waals surface area (Å²) in [5.74, 6) is 0. The maximum absolute atomic E-state index is 3.40. The standard InChI is InChI=1S/C17H28N2/c1-4-18-13-15-10-11-17(14(3)12-15)19(5-2)16-8-6-7-9-16/h10-12,16,18H,4-9,13H2,1-3H3. The van der Waals surface area contributed by atoms with Crippen molar-refractivity contribution in [2.24, 2.45) is 0 Å². The summed E-state index contributed by atoms with van der Waals surface area (Å²) in [5, 5.41) is 3.40. The van der Waals surface area contributed by atoms with E-state index in [-0.39, 0.29) is 0 Å². The summed E-state index contributed by atoms with van der Waals surface area (Å²) in [7, 11) is 0. The van der Waals surface area contributed by atoms with Gasteiger partial charge in [0.1, 0.15) is 0 Å². The van der Waals surface area contributed by atoms with E-state index in [0.717, 1.165) is 25.7 Å². The molecule has 0 radical (unpaired) electrons. The van der Waals surface area contributed by atoms with Gasteiger partial charge in [-0.2, -0.15) is 0 Å². The van der Waals surface area contributed by atoms with Gasteiger partial charge in [0.15, 0.2) is 0 Å². The number of nitrogens with one attached hydrogen (secondary N) is 1. The molecular formula is C17H28N2. The molecule has 19 heavy (non-hydrogen) atoms. The Bertz CT molecular complexity index is 394. The third-order valence-corrected chi connectivity index (χ3v) is 4.26. The Balaban J connectivity index is 2.13. The highest BCUT2D eigenvalue weighted by Gasteiger charge is 2.22. The van der Waals surface area contributed by atoms with Gasteiger partial charge in [-0.15, -0.1) is 0 Å². The third kappa shape index (κ3) is 3.50. The van der Waals surface area contributed by atoms with Crippen molar-refractivity contribution in [2.45, 2.75) is 59.0 Å². The highest BCUT2D eigenvalue weighted by Crippen LogP contribution is 2.30. The summed E-state index contributed by atoms with van der Waals surface area (Å²) in [6.07, 6.45) is 5.54. The van der Waals surface area contributed by atoms with Crippen molar-refractivity contribution < 1.29 is 0 Å². The summed E-state index contributed by atoms with van der Waals surface area (Å²) in [5.41, 5.74) is 4.25. The van der Waals surface area contributed by atoms with Crippen LogP contribution in [0.1, 0.15) is 50.7 Å². The van der Waals surface area contributed by atoms with Crippen LogP contribution in [0.4, 0.5) is 5.69 Å². The fraction of sp³-hybridized carbons (Fsp3) is 0.647. The normalized spacial score (nSPS) is 15.9. The lowest BCUT2D eigenvalue weighted by molar-refractivity contribution is 0.618. The van der Waals surface area contributed by atoms with Crippen LogP contribution in [0.15, 0.2) is 18.2 Å². The number of aryl methyl sites for hydroxylation is 1. The minimum Gasteiger partial charge on any atom is -0.369 e. The first-order valence-electron chi connectivity index (χ1n) is 7.83. The Hall–Kier alpha value is -1.02. The molecule has 106 valence electrons. The highest BCUT2D eigenvalue weighted by molar-refractivity contribution is 5.55. The number of nitrogens with zero attached hydrogens (tertiary/aromatic N) is 1. The second-order valence-electron chi connectivity index (χ2n) is 5.63. The van der Waals surface area contributed by atoms with E-state index in [9.17, 15) is 0 Å². The summed E-state index contributed by atoms with van der Waals surface area (Å²) < 4.78 is 0. The van der Waals surface area contributed by atoms with Crippen LogP contribution in [0.25, 0.3) is 0 Å². The Morgan fingerprint density at radius 3 is 2.53 bits per heavy atom. The first-order valence-corrected chi connectivity index (χ1v) is 7.83. The molecule has 0 unspecified atom stereocenters. The number of benzene rings is 1. The number of hydrogen-bond acceptors (Lipinski definition) is 2. The van der Waals surface area contributed by atoms with Crippen LogP contribution < -0.4 is 10.2 Å². The summed E-state index contributed by atoms with van der Waals surface area (Å²) in [6, 6.07) is 7.71.